The second-order valence-electron chi connectivity index (χ2n) is 7.67. The summed E-state index contributed by atoms with van der Waals surface area (Å²) in [5.74, 6) is -0.607. The molecule has 4 rings (SSSR count). The summed E-state index contributed by atoms with van der Waals surface area (Å²) in [4.78, 5) is 14.3. The molecule has 2 heterocycles. The van der Waals surface area contributed by atoms with Crippen LogP contribution in [0.25, 0.3) is 5.69 Å². The molecule has 0 atom stereocenters. The fraction of sp³-hybridized carbons (Fsp3) is 0.333. The maximum atomic E-state index is 13.5. The van der Waals surface area contributed by atoms with Crippen molar-refractivity contribution < 1.29 is 17.6 Å². The molecule has 1 aromatic heterocycles. The van der Waals surface area contributed by atoms with Gasteiger partial charge < -0.3 is 4.90 Å². The molecule has 0 aliphatic carbocycles. The Hall–Kier alpha value is -2.83. The summed E-state index contributed by atoms with van der Waals surface area (Å²) in [7, 11) is -3.80. The maximum Gasteiger partial charge on any atom is 0.243 e. The van der Waals surface area contributed by atoms with Crippen molar-refractivity contribution in [3.8, 4) is 5.69 Å². The van der Waals surface area contributed by atoms with Crippen molar-refractivity contribution in [3.63, 3.8) is 0 Å². The third kappa shape index (κ3) is 5.07. The van der Waals surface area contributed by atoms with Gasteiger partial charge in [-0.2, -0.15) is 8.99 Å². The van der Waals surface area contributed by atoms with Crippen LogP contribution < -0.4 is 0 Å². The lowest BCUT2D eigenvalue weighted by Gasteiger charge is -2.34. The van der Waals surface area contributed by atoms with Gasteiger partial charge in [-0.3, -0.25) is 4.79 Å². The number of thioether (sulfide) groups is 1. The van der Waals surface area contributed by atoms with E-state index in [1.807, 2.05) is 32.0 Å². The van der Waals surface area contributed by atoms with Crippen LogP contribution in [0.5, 0.6) is 0 Å². The number of hydrogen-bond donors (Lipinski definition) is 0. The Bertz CT molecular complexity index is 1270. The van der Waals surface area contributed by atoms with Crippen LogP contribution >= 0.6 is 11.8 Å². The molecule has 1 saturated heterocycles. The Balaban J connectivity index is 1.35. The van der Waals surface area contributed by atoms with Crippen molar-refractivity contribution in [3.05, 3.63) is 59.4 Å². The fourth-order valence-electron chi connectivity index (χ4n) is 3.46. The van der Waals surface area contributed by atoms with Crippen LogP contribution in [0, 0.1) is 19.7 Å². The Kier molecular flexibility index (Phi) is 6.77. The Morgan fingerprint density at radius 3 is 2.52 bits per heavy atom. The van der Waals surface area contributed by atoms with E-state index in [0.717, 1.165) is 22.9 Å². The van der Waals surface area contributed by atoms with Gasteiger partial charge in [-0.1, -0.05) is 23.9 Å². The molecular weight excluding hydrogens is 467 g/mol. The Labute approximate surface area is 195 Å². The molecule has 33 heavy (non-hydrogen) atoms. The summed E-state index contributed by atoms with van der Waals surface area (Å²) >= 11 is 1.23. The second-order valence-corrected chi connectivity index (χ2v) is 10.6. The molecule has 0 bridgehead atoms. The molecule has 2 aromatic carbocycles. The van der Waals surface area contributed by atoms with Crippen LogP contribution in [0.1, 0.15) is 11.1 Å². The van der Waals surface area contributed by atoms with Gasteiger partial charge in [0.15, 0.2) is 0 Å². The number of piperazine rings is 1. The monoisotopic (exact) mass is 490 g/mol. The number of amides is 1. The number of halogens is 1. The van der Waals surface area contributed by atoms with Gasteiger partial charge in [-0.05, 0) is 65.7 Å². The standard InChI is InChI=1S/C21H23FN6O3S2/c1-15-6-7-18(12-16(15)2)28-21(23-24-25-28)32-14-20(29)26-8-10-27(11-9-26)33(30,31)19-5-3-4-17(22)13-19/h3-7,12-13H,8-11,14H2,1-2H3. The first-order valence-electron chi connectivity index (χ1n) is 10.3. The van der Waals surface area contributed by atoms with Crippen molar-refractivity contribution in [1.82, 2.24) is 29.4 Å². The van der Waals surface area contributed by atoms with E-state index in [4.69, 9.17) is 0 Å². The molecular formula is C21H23FN6O3S2. The second kappa shape index (κ2) is 9.57. The summed E-state index contributed by atoms with van der Waals surface area (Å²) in [6.07, 6.45) is 0. The van der Waals surface area contributed by atoms with Crippen molar-refractivity contribution in [2.45, 2.75) is 23.9 Å². The number of hydrogen-bond acceptors (Lipinski definition) is 7. The lowest BCUT2D eigenvalue weighted by Crippen LogP contribution is -2.51. The highest BCUT2D eigenvalue weighted by molar-refractivity contribution is 7.99. The summed E-state index contributed by atoms with van der Waals surface area (Å²) < 4.78 is 41.8. The normalized spacial score (nSPS) is 15.1. The summed E-state index contributed by atoms with van der Waals surface area (Å²) in [6, 6.07) is 10.8. The lowest BCUT2D eigenvalue weighted by molar-refractivity contribution is -0.129. The van der Waals surface area contributed by atoms with E-state index in [2.05, 4.69) is 15.5 Å². The molecule has 0 spiro atoms. The smallest absolute Gasteiger partial charge is 0.243 e. The molecule has 0 unspecified atom stereocenters. The van der Waals surface area contributed by atoms with E-state index < -0.39 is 15.8 Å². The minimum absolute atomic E-state index is 0.0870. The molecule has 12 heteroatoms. The first-order chi connectivity index (χ1) is 15.8. The molecule has 1 fully saturated rings. The molecule has 174 valence electrons. The van der Waals surface area contributed by atoms with Gasteiger partial charge in [0.2, 0.25) is 21.1 Å². The van der Waals surface area contributed by atoms with Crippen LogP contribution in [0.2, 0.25) is 0 Å². The van der Waals surface area contributed by atoms with Gasteiger partial charge in [0.25, 0.3) is 0 Å². The molecule has 0 saturated carbocycles. The van der Waals surface area contributed by atoms with E-state index in [0.29, 0.717) is 5.16 Å². The van der Waals surface area contributed by atoms with Gasteiger partial charge in [0, 0.05) is 26.2 Å². The molecule has 3 aromatic rings. The third-order valence-corrected chi connectivity index (χ3v) is 8.32. The quantitative estimate of drug-likeness (QED) is 0.488. The molecule has 0 radical (unpaired) electrons. The minimum Gasteiger partial charge on any atom is -0.339 e. The van der Waals surface area contributed by atoms with Crippen LogP contribution in [-0.2, 0) is 14.8 Å². The summed E-state index contributed by atoms with van der Waals surface area (Å²) in [5, 5.41) is 12.3. The zero-order valence-electron chi connectivity index (χ0n) is 18.2. The number of benzene rings is 2. The van der Waals surface area contributed by atoms with E-state index in [-0.39, 0.29) is 42.7 Å². The number of carbonyl (C=O) groups excluding carboxylic acids is 1. The highest BCUT2D eigenvalue weighted by Crippen LogP contribution is 2.22. The van der Waals surface area contributed by atoms with E-state index >= 15 is 0 Å². The predicted octanol–water partition coefficient (Wildman–Crippen LogP) is 2.04. The zero-order chi connectivity index (χ0) is 23.6. The number of tetrazole rings is 1. The molecule has 0 N–H and O–H groups in total. The average Bonchev–Trinajstić information content (AvgIpc) is 3.28. The zero-order valence-corrected chi connectivity index (χ0v) is 19.8. The summed E-state index contributed by atoms with van der Waals surface area (Å²) in [5.41, 5.74) is 3.09. The number of aromatic nitrogens is 4. The Morgan fingerprint density at radius 1 is 1.06 bits per heavy atom. The minimum atomic E-state index is -3.80. The number of sulfonamides is 1. The predicted molar refractivity (Wildman–Crippen MR) is 121 cm³/mol. The number of nitrogens with zero attached hydrogens (tertiary/aromatic N) is 6. The van der Waals surface area contributed by atoms with E-state index in [9.17, 15) is 17.6 Å². The SMILES string of the molecule is Cc1ccc(-n2nnnc2SCC(=O)N2CCN(S(=O)(=O)c3cccc(F)c3)CC2)cc1C. The number of carbonyl (C=O) groups is 1. The fourth-order valence-corrected chi connectivity index (χ4v) is 5.71. The molecule has 1 amide bonds. The van der Waals surface area contributed by atoms with Gasteiger partial charge in [-0.25, -0.2) is 12.8 Å². The van der Waals surface area contributed by atoms with Gasteiger partial charge >= 0.3 is 0 Å². The highest BCUT2D eigenvalue weighted by Gasteiger charge is 2.30. The lowest BCUT2D eigenvalue weighted by atomic mass is 10.1. The maximum absolute atomic E-state index is 13.5. The summed E-state index contributed by atoms with van der Waals surface area (Å²) in [6.45, 7) is 4.85. The van der Waals surface area contributed by atoms with E-state index in [1.54, 1.807) is 9.58 Å². The van der Waals surface area contributed by atoms with E-state index in [1.165, 1.54) is 34.3 Å². The van der Waals surface area contributed by atoms with Gasteiger partial charge in [-0.15, -0.1) is 5.10 Å². The average molecular weight is 491 g/mol. The molecule has 1 aliphatic rings. The van der Waals surface area contributed by atoms with Gasteiger partial charge in [0.1, 0.15) is 5.82 Å². The third-order valence-electron chi connectivity index (χ3n) is 5.53. The first kappa shape index (κ1) is 23.3. The largest absolute Gasteiger partial charge is 0.339 e. The van der Waals surface area contributed by atoms with Crippen molar-refractivity contribution in [2.24, 2.45) is 0 Å². The van der Waals surface area contributed by atoms with Gasteiger partial charge in [0.05, 0.1) is 16.3 Å². The number of rotatable bonds is 6. The van der Waals surface area contributed by atoms with Crippen LogP contribution in [0.3, 0.4) is 0 Å². The molecule has 9 nitrogen and oxygen atoms in total. The van der Waals surface area contributed by atoms with Crippen molar-refractivity contribution in [2.75, 3.05) is 31.9 Å². The van der Waals surface area contributed by atoms with Crippen molar-refractivity contribution >= 4 is 27.7 Å². The van der Waals surface area contributed by atoms with Crippen molar-refractivity contribution in [1.29, 1.82) is 0 Å². The highest BCUT2D eigenvalue weighted by atomic mass is 32.2. The molecule has 1 aliphatic heterocycles. The van der Waals surface area contributed by atoms with Crippen LogP contribution in [0.15, 0.2) is 52.5 Å². The first-order valence-corrected chi connectivity index (χ1v) is 12.7. The Morgan fingerprint density at radius 2 is 1.82 bits per heavy atom. The topological polar surface area (TPSA) is 101 Å². The number of aryl methyl sites for hydroxylation is 2. The van der Waals surface area contributed by atoms with Crippen LogP contribution in [0.4, 0.5) is 4.39 Å². The van der Waals surface area contributed by atoms with Crippen LogP contribution in [-0.4, -0.2) is 75.7 Å².